The SMILES string of the molecule is c1ccc(-c2cnccc2C2=NOCC2)cc1. The van der Waals surface area contributed by atoms with Gasteiger partial charge in [-0.05, 0) is 11.6 Å². The number of pyridine rings is 1. The molecule has 1 aliphatic rings. The summed E-state index contributed by atoms with van der Waals surface area (Å²) >= 11 is 0. The molecule has 0 aliphatic carbocycles. The summed E-state index contributed by atoms with van der Waals surface area (Å²) in [6, 6.07) is 12.2. The van der Waals surface area contributed by atoms with Crippen molar-refractivity contribution in [3.8, 4) is 11.1 Å². The maximum absolute atomic E-state index is 5.07. The Labute approximate surface area is 99.8 Å². The minimum Gasteiger partial charge on any atom is -0.395 e. The third kappa shape index (κ3) is 1.91. The van der Waals surface area contributed by atoms with E-state index in [0.717, 1.165) is 28.8 Å². The molecule has 3 heteroatoms. The van der Waals surface area contributed by atoms with Crippen molar-refractivity contribution in [3.63, 3.8) is 0 Å². The van der Waals surface area contributed by atoms with Crippen LogP contribution in [-0.2, 0) is 4.84 Å². The minimum absolute atomic E-state index is 0.673. The summed E-state index contributed by atoms with van der Waals surface area (Å²) in [6.07, 6.45) is 4.54. The third-order valence-corrected chi connectivity index (χ3v) is 2.82. The lowest BCUT2D eigenvalue weighted by Gasteiger charge is -2.07. The van der Waals surface area contributed by atoms with Crippen LogP contribution in [0, 0.1) is 0 Å². The van der Waals surface area contributed by atoms with Crippen molar-refractivity contribution in [2.24, 2.45) is 5.16 Å². The zero-order valence-electron chi connectivity index (χ0n) is 9.34. The van der Waals surface area contributed by atoms with Gasteiger partial charge in [0.2, 0.25) is 0 Å². The predicted molar refractivity (Wildman–Crippen MR) is 66.8 cm³/mol. The number of benzene rings is 1. The van der Waals surface area contributed by atoms with Crippen molar-refractivity contribution in [2.75, 3.05) is 6.61 Å². The van der Waals surface area contributed by atoms with Crippen molar-refractivity contribution in [1.29, 1.82) is 0 Å². The molecule has 0 N–H and O–H groups in total. The fourth-order valence-corrected chi connectivity index (χ4v) is 1.99. The molecular weight excluding hydrogens is 212 g/mol. The lowest BCUT2D eigenvalue weighted by Crippen LogP contribution is -2.00. The first-order valence-corrected chi connectivity index (χ1v) is 5.64. The summed E-state index contributed by atoms with van der Waals surface area (Å²) in [4.78, 5) is 9.27. The van der Waals surface area contributed by atoms with Crippen LogP contribution in [0.4, 0.5) is 0 Å². The van der Waals surface area contributed by atoms with Gasteiger partial charge in [-0.2, -0.15) is 0 Å². The molecule has 17 heavy (non-hydrogen) atoms. The number of hydrogen-bond acceptors (Lipinski definition) is 3. The summed E-state index contributed by atoms with van der Waals surface area (Å²) in [6.45, 7) is 0.673. The zero-order chi connectivity index (χ0) is 11.5. The summed E-state index contributed by atoms with van der Waals surface area (Å²) < 4.78 is 0. The van der Waals surface area contributed by atoms with Gasteiger partial charge in [-0.3, -0.25) is 4.98 Å². The minimum atomic E-state index is 0.673. The Bertz CT molecular complexity index is 549. The Balaban J connectivity index is 2.11. The normalized spacial score (nSPS) is 14.2. The monoisotopic (exact) mass is 224 g/mol. The molecule has 0 unspecified atom stereocenters. The molecule has 0 radical (unpaired) electrons. The lowest BCUT2D eigenvalue weighted by atomic mass is 9.98. The van der Waals surface area contributed by atoms with Crippen molar-refractivity contribution in [3.05, 3.63) is 54.4 Å². The Morgan fingerprint density at radius 3 is 2.65 bits per heavy atom. The smallest absolute Gasteiger partial charge is 0.122 e. The Morgan fingerprint density at radius 1 is 1.00 bits per heavy atom. The maximum Gasteiger partial charge on any atom is 0.122 e. The molecule has 1 aliphatic heterocycles. The van der Waals surface area contributed by atoms with Crippen molar-refractivity contribution < 1.29 is 4.84 Å². The quantitative estimate of drug-likeness (QED) is 0.786. The van der Waals surface area contributed by atoms with Crippen LogP contribution in [0.3, 0.4) is 0 Å². The van der Waals surface area contributed by atoms with Crippen molar-refractivity contribution >= 4 is 5.71 Å². The van der Waals surface area contributed by atoms with E-state index in [0.29, 0.717) is 6.61 Å². The lowest BCUT2D eigenvalue weighted by molar-refractivity contribution is 0.174. The van der Waals surface area contributed by atoms with Crippen LogP contribution >= 0.6 is 0 Å². The molecule has 2 aromatic rings. The van der Waals surface area contributed by atoms with E-state index >= 15 is 0 Å². The summed E-state index contributed by atoms with van der Waals surface area (Å²) in [5.74, 6) is 0. The third-order valence-electron chi connectivity index (χ3n) is 2.82. The van der Waals surface area contributed by atoms with Gasteiger partial charge in [-0.1, -0.05) is 35.5 Å². The van der Waals surface area contributed by atoms with Gasteiger partial charge in [0.25, 0.3) is 0 Å². The molecule has 1 aromatic carbocycles. The number of aromatic nitrogens is 1. The predicted octanol–water partition coefficient (Wildman–Crippen LogP) is 2.87. The average Bonchev–Trinajstić information content (AvgIpc) is 2.94. The van der Waals surface area contributed by atoms with Crippen LogP contribution in [0.2, 0.25) is 0 Å². The van der Waals surface area contributed by atoms with Crippen molar-refractivity contribution in [2.45, 2.75) is 6.42 Å². The summed E-state index contributed by atoms with van der Waals surface area (Å²) in [7, 11) is 0. The van der Waals surface area contributed by atoms with E-state index in [9.17, 15) is 0 Å². The zero-order valence-corrected chi connectivity index (χ0v) is 9.34. The molecule has 0 bridgehead atoms. The topological polar surface area (TPSA) is 34.5 Å². The molecule has 0 saturated carbocycles. The summed E-state index contributed by atoms with van der Waals surface area (Å²) in [5.41, 5.74) is 4.39. The van der Waals surface area contributed by atoms with Gasteiger partial charge in [-0.15, -0.1) is 0 Å². The molecule has 0 amide bonds. The van der Waals surface area contributed by atoms with Crippen LogP contribution in [0.15, 0.2) is 53.9 Å². The van der Waals surface area contributed by atoms with Gasteiger partial charge < -0.3 is 4.84 Å². The molecule has 0 spiro atoms. The number of nitrogens with zero attached hydrogens (tertiary/aromatic N) is 2. The number of rotatable bonds is 2. The first-order valence-electron chi connectivity index (χ1n) is 5.64. The Hall–Kier alpha value is -2.16. The van der Waals surface area contributed by atoms with E-state index in [-0.39, 0.29) is 0 Å². The number of hydrogen-bond donors (Lipinski definition) is 0. The fraction of sp³-hybridized carbons (Fsp3) is 0.143. The first kappa shape index (κ1) is 10.0. The number of oxime groups is 1. The van der Waals surface area contributed by atoms with Crippen LogP contribution in [0.1, 0.15) is 12.0 Å². The summed E-state index contributed by atoms with van der Waals surface area (Å²) in [5, 5.41) is 4.08. The van der Waals surface area contributed by atoms with E-state index in [1.54, 1.807) is 6.20 Å². The van der Waals surface area contributed by atoms with E-state index < -0.39 is 0 Å². The van der Waals surface area contributed by atoms with Gasteiger partial charge in [-0.25, -0.2) is 0 Å². The highest BCUT2D eigenvalue weighted by Crippen LogP contribution is 2.25. The van der Waals surface area contributed by atoms with Crippen LogP contribution in [0.5, 0.6) is 0 Å². The molecule has 84 valence electrons. The first-order chi connectivity index (χ1) is 8.45. The van der Waals surface area contributed by atoms with Crippen LogP contribution in [-0.4, -0.2) is 17.3 Å². The second-order valence-electron chi connectivity index (χ2n) is 3.91. The highest BCUT2D eigenvalue weighted by atomic mass is 16.6. The maximum atomic E-state index is 5.07. The second-order valence-corrected chi connectivity index (χ2v) is 3.91. The van der Waals surface area contributed by atoms with Gasteiger partial charge >= 0.3 is 0 Å². The Kier molecular flexibility index (Phi) is 2.58. The average molecular weight is 224 g/mol. The van der Waals surface area contributed by atoms with Crippen molar-refractivity contribution in [1.82, 2.24) is 4.98 Å². The molecule has 3 rings (SSSR count). The van der Waals surface area contributed by atoms with E-state index in [1.165, 1.54) is 0 Å². The highest BCUT2D eigenvalue weighted by molar-refractivity contribution is 6.06. The van der Waals surface area contributed by atoms with E-state index in [2.05, 4.69) is 22.3 Å². The highest BCUT2D eigenvalue weighted by Gasteiger charge is 2.15. The van der Waals surface area contributed by atoms with Gasteiger partial charge in [0.15, 0.2) is 0 Å². The molecule has 0 atom stereocenters. The molecule has 2 heterocycles. The van der Waals surface area contributed by atoms with E-state index in [4.69, 9.17) is 4.84 Å². The molecule has 0 saturated heterocycles. The largest absolute Gasteiger partial charge is 0.395 e. The molecule has 1 aromatic heterocycles. The van der Waals surface area contributed by atoms with Crippen LogP contribution in [0.25, 0.3) is 11.1 Å². The van der Waals surface area contributed by atoms with Gasteiger partial charge in [0, 0.05) is 29.9 Å². The standard InChI is InChI=1S/C14H12N2O/c1-2-4-11(5-3-1)13-10-15-8-6-12(13)14-7-9-17-16-14/h1-6,8,10H,7,9H2. The van der Waals surface area contributed by atoms with Crippen LogP contribution < -0.4 is 0 Å². The molecular formula is C14H12N2O. The van der Waals surface area contributed by atoms with E-state index in [1.807, 2.05) is 30.5 Å². The fourth-order valence-electron chi connectivity index (χ4n) is 1.99. The van der Waals surface area contributed by atoms with Gasteiger partial charge in [0.05, 0.1) is 5.71 Å². The van der Waals surface area contributed by atoms with Gasteiger partial charge in [0.1, 0.15) is 6.61 Å². The molecule has 0 fully saturated rings. The second kappa shape index (κ2) is 4.37. The molecule has 3 nitrogen and oxygen atoms in total. The Morgan fingerprint density at radius 2 is 1.88 bits per heavy atom.